The lowest BCUT2D eigenvalue weighted by Crippen LogP contribution is -2.37. The summed E-state index contributed by atoms with van der Waals surface area (Å²) >= 11 is 1.35. The number of halogens is 1. The summed E-state index contributed by atoms with van der Waals surface area (Å²) in [6.45, 7) is 2.68. The minimum absolute atomic E-state index is 0.210. The monoisotopic (exact) mass is 310 g/mol. The Bertz CT molecular complexity index is 557. The van der Waals surface area contributed by atoms with Gasteiger partial charge in [0, 0.05) is 50.8 Å². The van der Waals surface area contributed by atoms with Crippen LogP contribution in [0, 0.1) is 0 Å². The van der Waals surface area contributed by atoms with E-state index < -0.39 is 6.17 Å². The Morgan fingerprint density at radius 1 is 1.52 bits per heavy atom. The molecule has 0 spiro atoms. The molecule has 1 N–H and O–H groups in total. The number of aromatic nitrogens is 4. The van der Waals surface area contributed by atoms with Gasteiger partial charge >= 0.3 is 0 Å². The summed E-state index contributed by atoms with van der Waals surface area (Å²) in [5.41, 5.74) is 2.05. The van der Waals surface area contributed by atoms with Crippen molar-refractivity contribution in [3.8, 4) is 0 Å². The van der Waals surface area contributed by atoms with Crippen LogP contribution in [-0.4, -0.2) is 49.6 Å². The van der Waals surface area contributed by atoms with Gasteiger partial charge in [-0.2, -0.15) is 5.10 Å². The predicted octanol–water partition coefficient (Wildman–Crippen LogP) is 0.974. The first-order valence-corrected chi connectivity index (χ1v) is 7.87. The maximum absolute atomic E-state index is 13.7. The van der Waals surface area contributed by atoms with Crippen molar-refractivity contribution in [1.29, 1.82) is 0 Å². The maximum atomic E-state index is 13.7. The summed E-state index contributed by atoms with van der Waals surface area (Å²) in [7, 11) is 1.92. The third-order valence-corrected chi connectivity index (χ3v) is 4.41. The Morgan fingerprint density at radius 3 is 3.14 bits per heavy atom. The minimum Gasteiger partial charge on any atom is -0.310 e. The highest BCUT2D eigenvalue weighted by atomic mass is 32.1. The van der Waals surface area contributed by atoms with Crippen molar-refractivity contribution < 1.29 is 4.39 Å². The first-order chi connectivity index (χ1) is 10.2. The molecule has 0 aromatic carbocycles. The highest BCUT2D eigenvalue weighted by Gasteiger charge is 2.32. The normalized spacial score (nSPS) is 23.0. The number of likely N-dealkylation sites (tertiary alicyclic amines) is 1. The molecule has 0 aliphatic carbocycles. The fourth-order valence-electron chi connectivity index (χ4n) is 2.72. The summed E-state index contributed by atoms with van der Waals surface area (Å²) in [4.78, 5) is 2.19. The molecule has 1 fully saturated rings. The number of alkyl halides is 1. The van der Waals surface area contributed by atoms with Crippen LogP contribution in [0.25, 0.3) is 0 Å². The quantitative estimate of drug-likeness (QED) is 0.862. The van der Waals surface area contributed by atoms with Gasteiger partial charge in [0.05, 0.1) is 11.4 Å². The summed E-state index contributed by atoms with van der Waals surface area (Å²) in [5.74, 6) is 0. The van der Waals surface area contributed by atoms with E-state index in [2.05, 4.69) is 24.9 Å². The molecule has 0 bridgehead atoms. The van der Waals surface area contributed by atoms with E-state index in [0.717, 1.165) is 24.5 Å². The molecule has 0 amide bonds. The van der Waals surface area contributed by atoms with Crippen molar-refractivity contribution in [3.63, 3.8) is 0 Å². The zero-order valence-corrected chi connectivity index (χ0v) is 12.8. The van der Waals surface area contributed by atoms with Crippen LogP contribution in [0.15, 0.2) is 17.6 Å². The van der Waals surface area contributed by atoms with Gasteiger partial charge in [-0.3, -0.25) is 9.58 Å². The molecular formula is C13H19FN6S. The highest BCUT2D eigenvalue weighted by Crippen LogP contribution is 2.22. The van der Waals surface area contributed by atoms with E-state index in [-0.39, 0.29) is 6.04 Å². The molecule has 3 rings (SSSR count). The molecule has 0 unspecified atom stereocenters. The second-order valence-electron chi connectivity index (χ2n) is 5.39. The van der Waals surface area contributed by atoms with Crippen LogP contribution < -0.4 is 5.32 Å². The van der Waals surface area contributed by atoms with E-state index in [4.69, 9.17) is 0 Å². The predicted molar refractivity (Wildman–Crippen MR) is 78.5 cm³/mol. The van der Waals surface area contributed by atoms with E-state index in [1.54, 1.807) is 6.20 Å². The summed E-state index contributed by atoms with van der Waals surface area (Å²) in [5, 5.41) is 13.4. The lowest BCUT2D eigenvalue weighted by Gasteiger charge is -2.24. The molecule has 2 aromatic rings. The first kappa shape index (κ1) is 14.6. The number of hydrogen-bond acceptors (Lipinski definition) is 6. The average molecular weight is 310 g/mol. The van der Waals surface area contributed by atoms with Gasteiger partial charge in [-0.25, -0.2) is 4.39 Å². The first-order valence-electron chi connectivity index (χ1n) is 7.04. The van der Waals surface area contributed by atoms with Gasteiger partial charge in [0.1, 0.15) is 6.17 Å². The maximum Gasteiger partial charge on any atom is 0.114 e. The average Bonchev–Trinajstić information content (AvgIpc) is 3.15. The van der Waals surface area contributed by atoms with Gasteiger partial charge in [-0.15, -0.1) is 5.10 Å². The highest BCUT2D eigenvalue weighted by molar-refractivity contribution is 7.03. The van der Waals surface area contributed by atoms with Crippen LogP contribution in [0.1, 0.15) is 17.8 Å². The summed E-state index contributed by atoms with van der Waals surface area (Å²) < 4.78 is 19.4. The SMILES string of the molecule is Cn1nccc1CN1C[C@@H](F)C[C@H]1CNCc1csnn1. The lowest BCUT2D eigenvalue weighted by atomic mass is 10.2. The Kier molecular flexibility index (Phi) is 4.57. The van der Waals surface area contributed by atoms with Crippen molar-refractivity contribution in [1.82, 2.24) is 29.6 Å². The molecule has 1 aliphatic heterocycles. The Balaban J connectivity index is 1.53. The zero-order valence-electron chi connectivity index (χ0n) is 11.9. The molecule has 21 heavy (non-hydrogen) atoms. The number of nitrogens with zero attached hydrogens (tertiary/aromatic N) is 5. The van der Waals surface area contributed by atoms with E-state index in [1.807, 2.05) is 23.2 Å². The Hall–Kier alpha value is -1.38. The zero-order chi connectivity index (χ0) is 14.7. The van der Waals surface area contributed by atoms with Gasteiger partial charge in [0.15, 0.2) is 0 Å². The lowest BCUT2D eigenvalue weighted by molar-refractivity contribution is 0.224. The standard InChI is InChI=1S/C13H19FN6S/c1-19-12(2-3-16-19)8-20-7-10(14)4-13(20)6-15-5-11-9-21-18-17-11/h2-3,9-10,13,15H,4-8H2,1H3/t10-,13-/m0/s1. The largest absolute Gasteiger partial charge is 0.310 e. The van der Waals surface area contributed by atoms with Crippen molar-refractivity contribution in [2.24, 2.45) is 7.05 Å². The third kappa shape index (κ3) is 3.63. The van der Waals surface area contributed by atoms with Crippen LogP contribution in [0.5, 0.6) is 0 Å². The molecule has 6 nitrogen and oxygen atoms in total. The molecule has 0 radical (unpaired) electrons. The summed E-state index contributed by atoms with van der Waals surface area (Å²) in [6, 6.07) is 2.19. The van der Waals surface area contributed by atoms with Gasteiger partial charge < -0.3 is 5.32 Å². The molecule has 2 aromatic heterocycles. The fraction of sp³-hybridized carbons (Fsp3) is 0.615. The van der Waals surface area contributed by atoms with Crippen LogP contribution in [0.4, 0.5) is 4.39 Å². The summed E-state index contributed by atoms with van der Waals surface area (Å²) in [6.07, 6.45) is 1.62. The van der Waals surface area contributed by atoms with Crippen LogP contribution in [0.2, 0.25) is 0 Å². The van der Waals surface area contributed by atoms with Crippen molar-refractivity contribution in [3.05, 3.63) is 29.0 Å². The smallest absolute Gasteiger partial charge is 0.114 e. The van der Waals surface area contributed by atoms with E-state index in [1.165, 1.54) is 11.5 Å². The van der Waals surface area contributed by atoms with Crippen LogP contribution in [0.3, 0.4) is 0 Å². The topological polar surface area (TPSA) is 58.9 Å². The molecule has 114 valence electrons. The van der Waals surface area contributed by atoms with Gasteiger partial charge in [0.25, 0.3) is 0 Å². The van der Waals surface area contributed by atoms with Gasteiger partial charge in [-0.05, 0) is 24.0 Å². The molecule has 3 heterocycles. The molecule has 2 atom stereocenters. The number of rotatable bonds is 6. The Morgan fingerprint density at radius 2 is 2.43 bits per heavy atom. The van der Waals surface area contributed by atoms with Crippen LogP contribution >= 0.6 is 11.5 Å². The van der Waals surface area contributed by atoms with E-state index in [9.17, 15) is 4.39 Å². The van der Waals surface area contributed by atoms with E-state index in [0.29, 0.717) is 19.5 Å². The van der Waals surface area contributed by atoms with Gasteiger partial charge in [-0.1, -0.05) is 4.49 Å². The number of hydrogen-bond donors (Lipinski definition) is 1. The van der Waals surface area contributed by atoms with Crippen molar-refractivity contribution in [2.75, 3.05) is 13.1 Å². The van der Waals surface area contributed by atoms with Crippen LogP contribution in [-0.2, 0) is 20.1 Å². The molecule has 1 aliphatic rings. The molecular weight excluding hydrogens is 291 g/mol. The molecule has 1 saturated heterocycles. The second kappa shape index (κ2) is 6.59. The molecule has 0 saturated carbocycles. The second-order valence-corrected chi connectivity index (χ2v) is 6.00. The van der Waals surface area contributed by atoms with E-state index >= 15 is 0 Å². The molecule has 8 heteroatoms. The Labute approximate surface area is 127 Å². The third-order valence-electron chi connectivity index (χ3n) is 3.86. The number of nitrogens with one attached hydrogen (secondary N) is 1. The minimum atomic E-state index is -0.744. The van der Waals surface area contributed by atoms with Crippen molar-refractivity contribution in [2.45, 2.75) is 31.7 Å². The van der Waals surface area contributed by atoms with Gasteiger partial charge in [0.2, 0.25) is 0 Å². The number of aryl methyl sites for hydroxylation is 1. The van der Waals surface area contributed by atoms with Crippen molar-refractivity contribution >= 4 is 11.5 Å². The fourth-order valence-corrected chi connectivity index (χ4v) is 3.17.